The number of imidazole rings is 1. The standard InChI is InChI=1S/C21H24N4O/c1-17-22-10-15-25(17)16-18-8-13-24(14-9-18)21(26)19-4-6-20(7-5-19)23-11-2-3-12-23/h2-7,10-12,15,18H,8-9,13-14,16H2,1H3. The minimum absolute atomic E-state index is 0.140. The molecule has 4 rings (SSSR count). The van der Waals surface area contributed by atoms with Crippen molar-refractivity contribution in [1.29, 1.82) is 0 Å². The van der Waals surface area contributed by atoms with Crippen molar-refractivity contribution in [2.24, 2.45) is 5.92 Å². The lowest BCUT2D eigenvalue weighted by atomic mass is 9.96. The molecule has 1 aliphatic rings. The Morgan fingerprint density at radius 3 is 2.38 bits per heavy atom. The zero-order valence-electron chi connectivity index (χ0n) is 15.1. The van der Waals surface area contributed by atoms with E-state index in [9.17, 15) is 4.79 Å². The van der Waals surface area contributed by atoms with Crippen molar-refractivity contribution in [3.8, 4) is 5.69 Å². The van der Waals surface area contributed by atoms with Crippen LogP contribution in [0.25, 0.3) is 5.69 Å². The summed E-state index contributed by atoms with van der Waals surface area (Å²) in [5, 5.41) is 0. The van der Waals surface area contributed by atoms with Crippen LogP contribution in [0.1, 0.15) is 29.0 Å². The van der Waals surface area contributed by atoms with Gasteiger partial charge >= 0.3 is 0 Å². The molecule has 0 bridgehead atoms. The van der Waals surface area contributed by atoms with Crippen molar-refractivity contribution >= 4 is 5.91 Å². The third-order valence-electron chi connectivity index (χ3n) is 5.30. The molecular weight excluding hydrogens is 324 g/mol. The van der Waals surface area contributed by atoms with Crippen LogP contribution in [0.4, 0.5) is 0 Å². The third kappa shape index (κ3) is 3.43. The van der Waals surface area contributed by atoms with Crippen LogP contribution in [0.2, 0.25) is 0 Å². The van der Waals surface area contributed by atoms with E-state index in [1.807, 2.05) is 77.6 Å². The molecule has 1 fully saturated rings. The molecule has 0 aliphatic carbocycles. The first kappa shape index (κ1) is 16.6. The summed E-state index contributed by atoms with van der Waals surface area (Å²) in [5.41, 5.74) is 1.84. The summed E-state index contributed by atoms with van der Waals surface area (Å²) in [5.74, 6) is 1.82. The molecule has 1 saturated heterocycles. The van der Waals surface area contributed by atoms with Crippen molar-refractivity contribution in [3.05, 3.63) is 72.6 Å². The van der Waals surface area contributed by atoms with Gasteiger partial charge in [-0.15, -0.1) is 0 Å². The van der Waals surface area contributed by atoms with Crippen molar-refractivity contribution < 1.29 is 4.79 Å². The lowest BCUT2D eigenvalue weighted by molar-refractivity contribution is 0.0682. The molecule has 1 aromatic carbocycles. The molecule has 1 amide bonds. The summed E-state index contributed by atoms with van der Waals surface area (Å²) in [6, 6.07) is 11.9. The van der Waals surface area contributed by atoms with Crippen molar-refractivity contribution in [2.75, 3.05) is 13.1 Å². The molecule has 3 aromatic rings. The Morgan fingerprint density at radius 1 is 1.08 bits per heavy atom. The number of aromatic nitrogens is 3. The summed E-state index contributed by atoms with van der Waals surface area (Å²) in [6.45, 7) is 4.70. The smallest absolute Gasteiger partial charge is 0.253 e. The molecule has 5 nitrogen and oxygen atoms in total. The van der Waals surface area contributed by atoms with Crippen LogP contribution in [0.3, 0.4) is 0 Å². The molecule has 0 saturated carbocycles. The first-order valence-electron chi connectivity index (χ1n) is 9.21. The maximum Gasteiger partial charge on any atom is 0.253 e. The normalized spacial score (nSPS) is 15.3. The second-order valence-electron chi connectivity index (χ2n) is 7.00. The number of nitrogens with zero attached hydrogens (tertiary/aromatic N) is 4. The van der Waals surface area contributed by atoms with E-state index in [2.05, 4.69) is 9.55 Å². The topological polar surface area (TPSA) is 43.1 Å². The van der Waals surface area contributed by atoms with Gasteiger partial charge in [0, 0.05) is 55.7 Å². The Kier molecular flexibility index (Phi) is 4.61. The highest BCUT2D eigenvalue weighted by Gasteiger charge is 2.24. The lowest BCUT2D eigenvalue weighted by Crippen LogP contribution is -2.39. The zero-order valence-corrected chi connectivity index (χ0v) is 15.1. The predicted octanol–water partition coefficient (Wildman–Crippen LogP) is 3.53. The summed E-state index contributed by atoms with van der Waals surface area (Å²) in [7, 11) is 0. The van der Waals surface area contributed by atoms with Gasteiger partial charge in [0.25, 0.3) is 5.91 Å². The van der Waals surface area contributed by atoms with Crippen LogP contribution in [0, 0.1) is 12.8 Å². The van der Waals surface area contributed by atoms with Crippen LogP contribution >= 0.6 is 0 Å². The average Bonchev–Trinajstić information content (AvgIpc) is 3.35. The second-order valence-corrected chi connectivity index (χ2v) is 7.00. The molecule has 5 heteroatoms. The SMILES string of the molecule is Cc1nccn1CC1CCN(C(=O)c2ccc(-n3cccc3)cc2)CC1. The van der Waals surface area contributed by atoms with E-state index in [-0.39, 0.29) is 5.91 Å². The monoisotopic (exact) mass is 348 g/mol. The van der Waals surface area contributed by atoms with Gasteiger partial charge in [0.1, 0.15) is 5.82 Å². The first-order chi connectivity index (χ1) is 12.7. The molecule has 0 atom stereocenters. The minimum atomic E-state index is 0.140. The second kappa shape index (κ2) is 7.20. The van der Waals surface area contributed by atoms with Gasteiger partial charge in [-0.1, -0.05) is 0 Å². The van der Waals surface area contributed by atoms with Crippen LogP contribution in [-0.4, -0.2) is 38.0 Å². The highest BCUT2D eigenvalue weighted by Crippen LogP contribution is 2.21. The number of piperidine rings is 1. The van der Waals surface area contributed by atoms with Crippen LogP contribution < -0.4 is 0 Å². The maximum absolute atomic E-state index is 12.8. The largest absolute Gasteiger partial charge is 0.339 e. The number of aryl methyl sites for hydroxylation is 1. The fourth-order valence-electron chi connectivity index (χ4n) is 3.66. The van der Waals surface area contributed by atoms with Gasteiger partial charge in [-0.05, 0) is 62.1 Å². The molecule has 0 spiro atoms. The Bertz CT molecular complexity index is 856. The first-order valence-corrected chi connectivity index (χ1v) is 9.21. The number of amides is 1. The van der Waals surface area contributed by atoms with Crippen LogP contribution in [0.15, 0.2) is 61.2 Å². The molecular formula is C21H24N4O. The van der Waals surface area contributed by atoms with Crippen molar-refractivity contribution in [1.82, 2.24) is 19.0 Å². The fourth-order valence-corrected chi connectivity index (χ4v) is 3.66. The van der Waals surface area contributed by atoms with Crippen LogP contribution in [0.5, 0.6) is 0 Å². The Labute approximate surface area is 153 Å². The van der Waals surface area contributed by atoms with Gasteiger partial charge < -0.3 is 14.0 Å². The number of benzene rings is 1. The van der Waals surface area contributed by atoms with E-state index in [4.69, 9.17) is 0 Å². The summed E-state index contributed by atoms with van der Waals surface area (Å²) < 4.78 is 4.25. The molecule has 0 radical (unpaired) electrons. The average molecular weight is 348 g/mol. The van der Waals surface area contributed by atoms with Gasteiger partial charge in [0.15, 0.2) is 0 Å². The Hall–Kier alpha value is -2.82. The molecule has 3 heterocycles. The predicted molar refractivity (Wildman–Crippen MR) is 101 cm³/mol. The van der Waals surface area contributed by atoms with Gasteiger partial charge in [-0.2, -0.15) is 0 Å². The number of hydrogen-bond acceptors (Lipinski definition) is 2. The maximum atomic E-state index is 12.8. The molecule has 2 aromatic heterocycles. The third-order valence-corrected chi connectivity index (χ3v) is 5.30. The number of rotatable bonds is 4. The number of likely N-dealkylation sites (tertiary alicyclic amines) is 1. The van der Waals surface area contributed by atoms with E-state index < -0.39 is 0 Å². The zero-order chi connectivity index (χ0) is 17.9. The highest BCUT2D eigenvalue weighted by molar-refractivity contribution is 5.94. The molecule has 26 heavy (non-hydrogen) atoms. The summed E-state index contributed by atoms with van der Waals surface area (Å²) >= 11 is 0. The Morgan fingerprint density at radius 2 is 1.77 bits per heavy atom. The van der Waals surface area contributed by atoms with E-state index >= 15 is 0 Å². The minimum Gasteiger partial charge on any atom is -0.339 e. The number of carbonyl (C=O) groups excluding carboxylic acids is 1. The van der Waals surface area contributed by atoms with Gasteiger partial charge in [-0.25, -0.2) is 4.98 Å². The summed E-state index contributed by atoms with van der Waals surface area (Å²) in [6.07, 6.45) is 9.99. The molecule has 0 N–H and O–H groups in total. The van der Waals surface area contributed by atoms with Gasteiger partial charge in [0.2, 0.25) is 0 Å². The van der Waals surface area contributed by atoms with E-state index in [1.165, 1.54) is 0 Å². The number of hydrogen-bond donors (Lipinski definition) is 0. The van der Waals surface area contributed by atoms with Crippen molar-refractivity contribution in [3.63, 3.8) is 0 Å². The van der Waals surface area contributed by atoms with Crippen molar-refractivity contribution in [2.45, 2.75) is 26.3 Å². The summed E-state index contributed by atoms with van der Waals surface area (Å²) in [4.78, 5) is 19.1. The molecule has 134 valence electrons. The number of carbonyl (C=O) groups is 1. The van der Waals surface area contributed by atoms with Gasteiger partial charge in [-0.3, -0.25) is 4.79 Å². The molecule has 1 aliphatic heterocycles. The highest BCUT2D eigenvalue weighted by atomic mass is 16.2. The van der Waals surface area contributed by atoms with Gasteiger partial charge in [0.05, 0.1) is 0 Å². The quantitative estimate of drug-likeness (QED) is 0.724. The van der Waals surface area contributed by atoms with E-state index in [0.717, 1.165) is 49.6 Å². The molecule has 0 unspecified atom stereocenters. The Balaban J connectivity index is 1.35. The van der Waals surface area contributed by atoms with E-state index in [1.54, 1.807) is 0 Å². The van der Waals surface area contributed by atoms with E-state index in [0.29, 0.717) is 5.92 Å². The fraction of sp³-hybridized carbons (Fsp3) is 0.333. The van der Waals surface area contributed by atoms with Crippen LogP contribution in [-0.2, 0) is 6.54 Å². The lowest BCUT2D eigenvalue weighted by Gasteiger charge is -2.32.